The molecule has 0 bridgehead atoms. The Kier molecular flexibility index (Phi) is 5.24. The number of carbonyl (C=O) groups is 1. The molecule has 112 valence electrons. The predicted molar refractivity (Wildman–Crippen MR) is 84.3 cm³/mol. The van der Waals surface area contributed by atoms with Crippen LogP contribution in [0.5, 0.6) is 0 Å². The number of nitriles is 1. The topological polar surface area (TPSA) is 57.0 Å². The molecule has 5 heteroatoms. The first-order valence-corrected chi connectivity index (χ1v) is 8.31. The normalized spacial score (nSPS) is 14.9. The van der Waals surface area contributed by atoms with Gasteiger partial charge in [0.05, 0.1) is 11.3 Å². The van der Waals surface area contributed by atoms with Crippen LogP contribution in [0.2, 0.25) is 0 Å². The van der Waals surface area contributed by atoms with Crippen molar-refractivity contribution >= 4 is 17.7 Å². The van der Waals surface area contributed by atoms with Crippen molar-refractivity contribution in [2.24, 2.45) is 0 Å². The number of aryl methyl sites for hydroxylation is 1. The second kappa shape index (κ2) is 6.95. The quantitative estimate of drug-likeness (QED) is 0.806. The third-order valence-corrected chi connectivity index (χ3v) is 5.08. The number of aromatic nitrogens is 1. The highest BCUT2D eigenvalue weighted by Gasteiger charge is 2.19. The summed E-state index contributed by atoms with van der Waals surface area (Å²) in [5, 5.41) is 10.0. The van der Waals surface area contributed by atoms with Gasteiger partial charge in [0.2, 0.25) is 5.91 Å². The van der Waals surface area contributed by atoms with Crippen LogP contribution in [-0.4, -0.2) is 34.6 Å². The summed E-state index contributed by atoms with van der Waals surface area (Å²) in [5.74, 6) is 0.519. The average molecular weight is 303 g/mol. The lowest BCUT2D eigenvalue weighted by Crippen LogP contribution is -2.36. The molecule has 0 atom stereocenters. The molecule has 4 nitrogen and oxygen atoms in total. The third kappa shape index (κ3) is 3.56. The van der Waals surface area contributed by atoms with Crippen molar-refractivity contribution in [1.29, 1.82) is 5.26 Å². The van der Waals surface area contributed by atoms with Gasteiger partial charge >= 0.3 is 0 Å². The van der Waals surface area contributed by atoms with Crippen LogP contribution in [0.25, 0.3) is 0 Å². The summed E-state index contributed by atoms with van der Waals surface area (Å²) < 4.78 is 0. The lowest BCUT2D eigenvalue weighted by molar-refractivity contribution is -0.129. The van der Waals surface area contributed by atoms with Crippen molar-refractivity contribution in [3.05, 3.63) is 22.4 Å². The van der Waals surface area contributed by atoms with Gasteiger partial charge < -0.3 is 4.90 Å². The largest absolute Gasteiger partial charge is 0.342 e. The lowest BCUT2D eigenvalue weighted by atomic mass is 10.1. The van der Waals surface area contributed by atoms with Gasteiger partial charge in [-0.2, -0.15) is 5.26 Å². The number of hydrogen-bond donors (Lipinski definition) is 0. The maximum Gasteiger partial charge on any atom is 0.232 e. The first kappa shape index (κ1) is 15.8. The highest BCUT2D eigenvalue weighted by Crippen LogP contribution is 2.26. The molecule has 2 heterocycles. The molecule has 1 aromatic rings. The first-order chi connectivity index (χ1) is 10.0. The smallest absolute Gasteiger partial charge is 0.232 e. The Hall–Kier alpha value is -1.54. The van der Waals surface area contributed by atoms with Gasteiger partial charge in [0.15, 0.2) is 0 Å². The van der Waals surface area contributed by atoms with Crippen LogP contribution in [0.4, 0.5) is 0 Å². The number of thioether (sulfide) groups is 1. The molecule has 1 saturated heterocycles. The van der Waals surface area contributed by atoms with E-state index in [1.54, 1.807) is 0 Å². The molecule has 0 radical (unpaired) electrons. The van der Waals surface area contributed by atoms with Crippen LogP contribution in [0.3, 0.4) is 0 Å². The predicted octanol–water partition coefficient (Wildman–Crippen LogP) is 2.98. The van der Waals surface area contributed by atoms with E-state index in [0.29, 0.717) is 16.3 Å². The van der Waals surface area contributed by atoms with Crippen LogP contribution in [0.15, 0.2) is 5.03 Å². The molecule has 1 aromatic heterocycles. The molecule has 0 N–H and O–H groups in total. The molecule has 0 unspecified atom stereocenters. The van der Waals surface area contributed by atoms with Crippen molar-refractivity contribution < 1.29 is 4.79 Å². The fraction of sp³-hybridized carbons (Fsp3) is 0.562. The van der Waals surface area contributed by atoms with Crippen LogP contribution in [0, 0.1) is 32.1 Å². The summed E-state index contributed by atoms with van der Waals surface area (Å²) in [6.45, 7) is 7.60. The molecule has 21 heavy (non-hydrogen) atoms. The lowest BCUT2D eigenvalue weighted by Gasteiger charge is -2.26. The summed E-state index contributed by atoms with van der Waals surface area (Å²) in [6, 6.07) is 2.23. The summed E-state index contributed by atoms with van der Waals surface area (Å²) >= 11 is 1.39. The second-order valence-electron chi connectivity index (χ2n) is 5.47. The van der Waals surface area contributed by atoms with Gasteiger partial charge in [0.1, 0.15) is 11.1 Å². The number of rotatable bonds is 3. The Morgan fingerprint density at radius 1 is 1.24 bits per heavy atom. The van der Waals surface area contributed by atoms with Gasteiger partial charge in [-0.1, -0.05) is 11.8 Å². The standard InChI is InChI=1S/C16H21N3OS/c1-11-12(2)14(9-17)16(18-13(11)3)21-10-15(20)19-7-5-4-6-8-19/h4-8,10H2,1-3H3. The molecule has 0 spiro atoms. The Balaban J connectivity index is 2.09. The first-order valence-electron chi connectivity index (χ1n) is 7.33. The van der Waals surface area contributed by atoms with E-state index in [1.165, 1.54) is 18.2 Å². The molecule has 1 aliphatic rings. The molecule has 1 aliphatic heterocycles. The van der Waals surface area contributed by atoms with Gasteiger partial charge in [-0.15, -0.1) is 0 Å². The highest BCUT2D eigenvalue weighted by molar-refractivity contribution is 8.00. The minimum Gasteiger partial charge on any atom is -0.342 e. The molecule has 1 fully saturated rings. The van der Waals surface area contributed by atoms with Crippen molar-refractivity contribution in [2.45, 2.75) is 45.1 Å². The zero-order valence-electron chi connectivity index (χ0n) is 12.9. The van der Waals surface area contributed by atoms with Gasteiger partial charge in [-0.25, -0.2) is 4.98 Å². The molecule has 2 rings (SSSR count). The number of nitrogens with zero attached hydrogens (tertiary/aromatic N) is 3. The second-order valence-corrected chi connectivity index (χ2v) is 6.43. The summed E-state index contributed by atoms with van der Waals surface area (Å²) in [4.78, 5) is 18.6. The van der Waals surface area contributed by atoms with Gasteiger partial charge in [0.25, 0.3) is 0 Å². The molecule has 0 saturated carbocycles. The van der Waals surface area contributed by atoms with E-state index in [4.69, 9.17) is 0 Å². The van der Waals surface area contributed by atoms with E-state index in [2.05, 4.69) is 11.1 Å². The third-order valence-electron chi connectivity index (χ3n) is 4.12. The monoisotopic (exact) mass is 303 g/mol. The Labute approximate surface area is 130 Å². The van der Waals surface area contributed by atoms with Gasteiger partial charge in [-0.05, 0) is 51.2 Å². The van der Waals surface area contributed by atoms with E-state index < -0.39 is 0 Å². The van der Waals surface area contributed by atoms with E-state index in [9.17, 15) is 10.1 Å². The van der Waals surface area contributed by atoms with Crippen molar-refractivity contribution in [1.82, 2.24) is 9.88 Å². The molecule has 0 aromatic carbocycles. The maximum absolute atomic E-state index is 12.2. The van der Waals surface area contributed by atoms with Crippen molar-refractivity contribution in [3.63, 3.8) is 0 Å². The van der Waals surface area contributed by atoms with Gasteiger partial charge in [-0.3, -0.25) is 4.79 Å². The van der Waals surface area contributed by atoms with E-state index in [1.807, 2.05) is 25.7 Å². The van der Waals surface area contributed by atoms with Crippen LogP contribution >= 0.6 is 11.8 Å². The molecule has 1 amide bonds. The average Bonchev–Trinajstić information content (AvgIpc) is 2.51. The van der Waals surface area contributed by atoms with Crippen LogP contribution < -0.4 is 0 Å². The fourth-order valence-corrected chi connectivity index (χ4v) is 3.50. The number of pyridine rings is 1. The Morgan fingerprint density at radius 3 is 2.52 bits per heavy atom. The fourth-order valence-electron chi connectivity index (χ4n) is 2.51. The maximum atomic E-state index is 12.2. The summed E-state index contributed by atoms with van der Waals surface area (Å²) in [5.41, 5.74) is 3.56. The molecule has 0 aliphatic carbocycles. The Morgan fingerprint density at radius 2 is 1.90 bits per heavy atom. The van der Waals surface area contributed by atoms with E-state index >= 15 is 0 Å². The molecular formula is C16H21N3OS. The minimum atomic E-state index is 0.154. The summed E-state index contributed by atoms with van der Waals surface area (Å²) in [6.07, 6.45) is 3.41. The number of carbonyl (C=O) groups excluding carboxylic acids is 1. The van der Waals surface area contributed by atoms with Crippen LogP contribution in [-0.2, 0) is 4.79 Å². The zero-order chi connectivity index (χ0) is 15.4. The Bertz CT molecular complexity index is 586. The number of piperidine rings is 1. The number of amides is 1. The van der Waals surface area contributed by atoms with E-state index in [0.717, 1.165) is 42.8 Å². The number of likely N-dealkylation sites (tertiary alicyclic amines) is 1. The molecular weight excluding hydrogens is 282 g/mol. The van der Waals surface area contributed by atoms with Gasteiger partial charge in [0, 0.05) is 18.8 Å². The SMILES string of the molecule is Cc1nc(SCC(=O)N2CCCCC2)c(C#N)c(C)c1C. The summed E-state index contributed by atoms with van der Waals surface area (Å²) in [7, 11) is 0. The van der Waals surface area contributed by atoms with Crippen LogP contribution in [0.1, 0.15) is 41.6 Å². The highest BCUT2D eigenvalue weighted by atomic mass is 32.2. The van der Waals surface area contributed by atoms with Crippen molar-refractivity contribution in [3.8, 4) is 6.07 Å². The minimum absolute atomic E-state index is 0.154. The van der Waals surface area contributed by atoms with Crippen molar-refractivity contribution in [2.75, 3.05) is 18.8 Å². The van der Waals surface area contributed by atoms with E-state index in [-0.39, 0.29) is 5.91 Å². The number of hydrogen-bond acceptors (Lipinski definition) is 4. The zero-order valence-corrected chi connectivity index (χ0v) is 13.7.